The third kappa shape index (κ3) is 2.91. The van der Waals surface area contributed by atoms with E-state index in [1.54, 1.807) is 12.1 Å². The lowest BCUT2D eigenvalue weighted by Gasteiger charge is -2.33. The Hall–Kier alpha value is -1.72. The molecule has 2 saturated heterocycles. The van der Waals surface area contributed by atoms with Crippen LogP contribution in [0.2, 0.25) is 0 Å². The molecule has 3 aromatic rings. The van der Waals surface area contributed by atoms with Crippen molar-refractivity contribution in [2.45, 2.75) is 36.7 Å². The van der Waals surface area contributed by atoms with Crippen LogP contribution in [0.25, 0.3) is 11.0 Å². The van der Waals surface area contributed by atoms with Crippen molar-refractivity contribution in [2.75, 3.05) is 18.0 Å². The number of hydrogen-bond donors (Lipinski definition) is 1. The Labute approximate surface area is 177 Å². The van der Waals surface area contributed by atoms with Crippen LogP contribution in [-0.4, -0.2) is 47.5 Å². The molecule has 2 fully saturated rings. The van der Waals surface area contributed by atoms with Crippen LogP contribution in [0.15, 0.2) is 41.6 Å². The molecular weight excluding hydrogens is 489 g/mol. The number of aromatic nitrogens is 3. The highest BCUT2D eigenvalue weighted by molar-refractivity contribution is 14.1. The number of nitrogens with one attached hydrogen (secondary N) is 1. The van der Waals surface area contributed by atoms with Gasteiger partial charge in [-0.15, -0.1) is 0 Å². The summed E-state index contributed by atoms with van der Waals surface area (Å²) < 4.78 is 28.6. The quantitative estimate of drug-likeness (QED) is 0.547. The molecule has 2 aliphatic heterocycles. The summed E-state index contributed by atoms with van der Waals surface area (Å²) in [7, 11) is -3.74. The minimum atomic E-state index is -3.74. The van der Waals surface area contributed by atoms with Gasteiger partial charge in [0.15, 0.2) is 5.65 Å². The van der Waals surface area contributed by atoms with Crippen molar-refractivity contribution in [3.63, 3.8) is 0 Å². The zero-order valence-electron chi connectivity index (χ0n) is 15.3. The van der Waals surface area contributed by atoms with E-state index in [-0.39, 0.29) is 4.90 Å². The van der Waals surface area contributed by atoms with Gasteiger partial charge in [0.05, 0.1) is 14.0 Å². The third-order valence-corrected chi connectivity index (χ3v) is 8.41. The summed E-state index contributed by atoms with van der Waals surface area (Å²) in [5.74, 6) is 0.819. The number of nitrogens with zero attached hydrogens (tertiary/aromatic N) is 4. The Morgan fingerprint density at radius 1 is 1.11 bits per heavy atom. The highest BCUT2D eigenvalue weighted by Crippen LogP contribution is 2.32. The van der Waals surface area contributed by atoms with E-state index in [2.05, 4.69) is 42.8 Å². The highest BCUT2D eigenvalue weighted by atomic mass is 127. The number of halogens is 1. The lowest BCUT2D eigenvalue weighted by molar-refractivity contribution is 0.464. The van der Waals surface area contributed by atoms with Gasteiger partial charge in [0.25, 0.3) is 10.0 Å². The molecule has 2 aromatic heterocycles. The van der Waals surface area contributed by atoms with E-state index < -0.39 is 10.0 Å². The first-order valence-corrected chi connectivity index (χ1v) is 11.8. The predicted octanol–water partition coefficient (Wildman–Crippen LogP) is 2.52. The molecule has 7 nitrogen and oxygen atoms in total. The Bertz CT molecular complexity index is 1150. The molecule has 1 N–H and O–H groups in total. The molecule has 2 aliphatic rings. The van der Waals surface area contributed by atoms with Crippen LogP contribution >= 0.6 is 22.6 Å². The fraction of sp³-hybridized carbons (Fsp3) is 0.368. The molecule has 2 bridgehead atoms. The van der Waals surface area contributed by atoms with Crippen molar-refractivity contribution in [3.05, 3.63) is 45.9 Å². The van der Waals surface area contributed by atoms with Crippen LogP contribution in [0, 0.1) is 10.6 Å². The number of fused-ring (bicyclic) bond motifs is 3. The maximum Gasteiger partial charge on any atom is 0.270 e. The van der Waals surface area contributed by atoms with Gasteiger partial charge in [-0.3, -0.25) is 0 Å². The summed E-state index contributed by atoms with van der Waals surface area (Å²) in [6, 6.07) is 9.72. The Morgan fingerprint density at radius 2 is 1.79 bits per heavy atom. The second kappa shape index (κ2) is 6.67. The molecule has 0 radical (unpaired) electrons. The van der Waals surface area contributed by atoms with E-state index in [9.17, 15) is 8.42 Å². The van der Waals surface area contributed by atoms with Gasteiger partial charge in [-0.1, -0.05) is 17.7 Å². The monoisotopic (exact) mass is 509 g/mol. The smallest absolute Gasteiger partial charge is 0.270 e. The lowest BCUT2D eigenvalue weighted by atomic mass is 10.2. The number of hydrogen-bond acceptors (Lipinski definition) is 6. The van der Waals surface area contributed by atoms with Crippen molar-refractivity contribution < 1.29 is 8.42 Å². The van der Waals surface area contributed by atoms with E-state index >= 15 is 0 Å². The van der Waals surface area contributed by atoms with Gasteiger partial charge in [0, 0.05) is 25.2 Å². The molecule has 2 atom stereocenters. The molecule has 9 heteroatoms. The van der Waals surface area contributed by atoms with E-state index in [1.165, 1.54) is 23.1 Å². The molecule has 0 spiro atoms. The summed E-state index contributed by atoms with van der Waals surface area (Å²) in [6.07, 6.45) is 3.82. The van der Waals surface area contributed by atoms with Gasteiger partial charge in [-0.2, -0.15) is 0 Å². The molecule has 1 aromatic carbocycles. The van der Waals surface area contributed by atoms with Crippen LogP contribution in [0.3, 0.4) is 0 Å². The topological polar surface area (TPSA) is 80.1 Å². The zero-order chi connectivity index (χ0) is 19.5. The van der Waals surface area contributed by atoms with Crippen LogP contribution < -0.4 is 10.2 Å². The summed E-state index contributed by atoms with van der Waals surface area (Å²) >= 11 is 2.07. The molecule has 0 saturated carbocycles. The van der Waals surface area contributed by atoms with Gasteiger partial charge in [-0.25, -0.2) is 22.4 Å². The largest absolute Gasteiger partial charge is 0.353 e. The number of rotatable bonds is 3. The van der Waals surface area contributed by atoms with Crippen molar-refractivity contribution >= 4 is 49.5 Å². The molecule has 28 heavy (non-hydrogen) atoms. The maximum atomic E-state index is 13.3. The molecule has 0 aliphatic carbocycles. The lowest BCUT2D eigenvalue weighted by Crippen LogP contribution is -2.51. The minimum absolute atomic E-state index is 0.258. The van der Waals surface area contributed by atoms with Gasteiger partial charge in [0.1, 0.15) is 12.1 Å². The van der Waals surface area contributed by atoms with Gasteiger partial charge in [0.2, 0.25) is 0 Å². The second-order valence-corrected chi connectivity index (χ2v) is 10.4. The summed E-state index contributed by atoms with van der Waals surface area (Å²) in [5.41, 5.74) is 1.45. The first kappa shape index (κ1) is 18.3. The SMILES string of the molecule is Cc1ccc(S(=O)(=O)n2c(I)cc3c(N4CC5CCC(C4)N5)ncnc32)cc1. The van der Waals surface area contributed by atoms with E-state index in [4.69, 9.17) is 0 Å². The van der Waals surface area contributed by atoms with E-state index in [1.807, 2.05) is 25.1 Å². The van der Waals surface area contributed by atoms with Crippen molar-refractivity contribution in [1.29, 1.82) is 0 Å². The minimum Gasteiger partial charge on any atom is -0.353 e. The van der Waals surface area contributed by atoms with Crippen molar-refractivity contribution in [3.8, 4) is 0 Å². The van der Waals surface area contributed by atoms with Crippen LogP contribution in [0.5, 0.6) is 0 Å². The van der Waals surface area contributed by atoms with E-state index in [0.29, 0.717) is 21.4 Å². The zero-order valence-corrected chi connectivity index (χ0v) is 18.3. The molecule has 4 heterocycles. The molecular formula is C19H20IN5O2S. The van der Waals surface area contributed by atoms with Crippen LogP contribution in [0.1, 0.15) is 18.4 Å². The van der Waals surface area contributed by atoms with Crippen LogP contribution in [0.4, 0.5) is 5.82 Å². The summed E-state index contributed by atoms with van der Waals surface area (Å²) in [6.45, 7) is 3.70. The summed E-state index contributed by atoms with van der Waals surface area (Å²) in [4.78, 5) is 11.4. The molecule has 146 valence electrons. The fourth-order valence-electron chi connectivity index (χ4n) is 4.21. The van der Waals surface area contributed by atoms with Gasteiger partial charge < -0.3 is 10.2 Å². The number of benzene rings is 1. The maximum absolute atomic E-state index is 13.3. The molecule has 5 rings (SSSR count). The first-order valence-electron chi connectivity index (χ1n) is 9.28. The number of aryl methyl sites for hydroxylation is 1. The van der Waals surface area contributed by atoms with Crippen LogP contribution in [-0.2, 0) is 10.0 Å². The fourth-order valence-corrected chi connectivity index (χ4v) is 6.88. The number of anilines is 1. The standard InChI is InChI=1S/C19H20IN5O2S/c1-12-2-6-15(7-3-12)28(26,27)25-17(20)8-16-18(21-11-22-19(16)25)24-9-13-4-5-14(10-24)23-13/h2-3,6-8,11,13-14,23H,4-5,9-10H2,1H3. The predicted molar refractivity (Wildman–Crippen MR) is 116 cm³/mol. The normalized spacial score (nSPS) is 22.1. The average Bonchev–Trinajstić information content (AvgIpc) is 3.19. The summed E-state index contributed by atoms with van der Waals surface area (Å²) in [5, 5.41) is 4.40. The van der Waals surface area contributed by atoms with Gasteiger partial charge in [-0.05, 0) is 60.6 Å². The third-order valence-electron chi connectivity index (χ3n) is 5.57. The Balaban J connectivity index is 1.64. The highest BCUT2D eigenvalue weighted by Gasteiger charge is 2.34. The molecule has 0 amide bonds. The Morgan fingerprint density at radius 3 is 2.46 bits per heavy atom. The average molecular weight is 509 g/mol. The van der Waals surface area contributed by atoms with E-state index in [0.717, 1.165) is 29.9 Å². The Kier molecular flexibility index (Phi) is 4.36. The van der Waals surface area contributed by atoms with Crippen molar-refractivity contribution in [1.82, 2.24) is 19.3 Å². The first-order chi connectivity index (χ1) is 13.4. The van der Waals surface area contributed by atoms with Crippen molar-refractivity contribution in [2.24, 2.45) is 0 Å². The molecule has 2 unspecified atom stereocenters. The van der Waals surface area contributed by atoms with Gasteiger partial charge >= 0.3 is 0 Å². The number of piperazine rings is 1. The second-order valence-electron chi connectivity index (χ2n) is 7.53.